The Morgan fingerprint density at radius 2 is 2.33 bits per heavy atom. The Balaban J connectivity index is 0.000000640. The molecule has 0 fully saturated rings. The zero-order chi connectivity index (χ0) is 5.98. The van der Waals surface area contributed by atoms with Crippen molar-refractivity contribution >= 4 is 29.6 Å². The van der Waals surface area contributed by atoms with Gasteiger partial charge in [0.05, 0.1) is 6.17 Å². The summed E-state index contributed by atoms with van der Waals surface area (Å²) in [6, 6.07) is 0. The zero-order valence-corrected chi connectivity index (χ0v) is 5.39. The van der Waals surface area contributed by atoms with E-state index in [9.17, 15) is 0 Å². The van der Waals surface area contributed by atoms with E-state index < -0.39 is 0 Å². The first kappa shape index (κ1) is 9.50. The topological polar surface area (TPSA) is 15.3 Å². The molecule has 9 heavy (non-hydrogen) atoms. The van der Waals surface area contributed by atoms with Gasteiger partial charge in [-0.05, 0) is 20.2 Å². The van der Waals surface area contributed by atoms with E-state index in [0.717, 1.165) is 6.54 Å². The van der Waals surface area contributed by atoms with Crippen molar-refractivity contribution in [2.24, 2.45) is 0 Å². The number of hydrogen-bond donors (Lipinski definition) is 1. The van der Waals surface area contributed by atoms with E-state index in [-0.39, 0.29) is 29.6 Å². The molecule has 0 bridgehead atoms. The molecule has 0 aromatic carbocycles. The van der Waals surface area contributed by atoms with E-state index in [1.807, 2.05) is 6.20 Å². The second-order valence-corrected chi connectivity index (χ2v) is 2.18. The average Bonchev–Trinajstić information content (AvgIpc) is 1.77. The van der Waals surface area contributed by atoms with E-state index >= 15 is 0 Å². The van der Waals surface area contributed by atoms with Gasteiger partial charge in [-0.1, -0.05) is 6.08 Å². The molecule has 0 saturated carbocycles. The van der Waals surface area contributed by atoms with Gasteiger partial charge >= 0.3 is 29.6 Å². The van der Waals surface area contributed by atoms with Gasteiger partial charge in [-0.15, -0.1) is 0 Å². The van der Waals surface area contributed by atoms with Crippen molar-refractivity contribution in [1.29, 1.82) is 0 Å². The van der Waals surface area contributed by atoms with Gasteiger partial charge in [0.1, 0.15) is 0 Å². The summed E-state index contributed by atoms with van der Waals surface area (Å²) in [6.45, 7) is 3.21. The van der Waals surface area contributed by atoms with Crippen LogP contribution in [-0.2, 0) is 0 Å². The number of nitrogens with one attached hydrogen (secondary N) is 1. The minimum absolute atomic E-state index is 0. The fourth-order valence-electron chi connectivity index (χ4n) is 0.712. The van der Waals surface area contributed by atoms with Crippen molar-refractivity contribution in [3.8, 4) is 0 Å². The third kappa shape index (κ3) is 2.72. The first-order chi connectivity index (χ1) is 3.80. The van der Waals surface area contributed by atoms with Gasteiger partial charge in [-0.3, -0.25) is 4.90 Å². The second kappa shape index (κ2) is 4.34. The van der Waals surface area contributed by atoms with Gasteiger partial charge in [-0.2, -0.15) is 0 Å². The summed E-state index contributed by atoms with van der Waals surface area (Å²) in [5.74, 6) is 0. The van der Waals surface area contributed by atoms with Crippen LogP contribution in [0, 0.1) is 0 Å². The van der Waals surface area contributed by atoms with Gasteiger partial charge in [0, 0.05) is 6.54 Å². The second-order valence-electron chi connectivity index (χ2n) is 2.18. The maximum absolute atomic E-state index is 3.18. The first-order valence-corrected chi connectivity index (χ1v) is 2.92. The third-order valence-electron chi connectivity index (χ3n) is 1.51. The van der Waals surface area contributed by atoms with Gasteiger partial charge < -0.3 is 5.32 Å². The fourth-order valence-corrected chi connectivity index (χ4v) is 0.712. The molecule has 1 aliphatic rings. The molecule has 0 amide bonds. The molecule has 0 aromatic heterocycles. The van der Waals surface area contributed by atoms with Crippen molar-refractivity contribution in [3.63, 3.8) is 0 Å². The normalized spacial score (nSPS) is 26.7. The summed E-state index contributed by atoms with van der Waals surface area (Å²) in [4.78, 5) is 2.24. The van der Waals surface area contributed by atoms with Crippen LogP contribution in [-0.4, -0.2) is 54.2 Å². The molecule has 2 nitrogen and oxygen atoms in total. The molecule has 0 aliphatic carbocycles. The van der Waals surface area contributed by atoms with E-state index in [4.69, 9.17) is 0 Å². The van der Waals surface area contributed by atoms with Crippen LogP contribution in [0.2, 0.25) is 0 Å². The summed E-state index contributed by atoms with van der Waals surface area (Å²) < 4.78 is 0. The van der Waals surface area contributed by atoms with Crippen molar-refractivity contribution in [2.45, 2.75) is 13.1 Å². The Bertz CT molecular complexity index is 91.2. The summed E-state index contributed by atoms with van der Waals surface area (Å²) >= 11 is 0. The molecule has 1 atom stereocenters. The molecular weight excluding hydrogens is 123 g/mol. The van der Waals surface area contributed by atoms with Crippen molar-refractivity contribution in [3.05, 3.63) is 12.3 Å². The molecule has 1 aliphatic heterocycles. The summed E-state index contributed by atoms with van der Waals surface area (Å²) in [6.07, 6.45) is 4.62. The van der Waals surface area contributed by atoms with Crippen molar-refractivity contribution in [2.75, 3.05) is 13.6 Å². The zero-order valence-electron chi connectivity index (χ0n) is 5.39. The van der Waals surface area contributed by atoms with Crippen LogP contribution in [0.3, 0.4) is 0 Å². The molecule has 0 spiro atoms. The molecule has 1 heterocycles. The van der Waals surface area contributed by atoms with Crippen molar-refractivity contribution < 1.29 is 0 Å². The Morgan fingerprint density at radius 3 is 2.67 bits per heavy atom. The maximum atomic E-state index is 3.18. The van der Waals surface area contributed by atoms with E-state index in [1.165, 1.54) is 0 Å². The van der Waals surface area contributed by atoms with E-state index in [0.29, 0.717) is 6.17 Å². The minimum atomic E-state index is 0. The molecule has 1 rings (SSSR count). The van der Waals surface area contributed by atoms with Gasteiger partial charge in [0.2, 0.25) is 0 Å². The van der Waals surface area contributed by atoms with Crippen LogP contribution >= 0.6 is 0 Å². The van der Waals surface area contributed by atoms with Crippen LogP contribution in [0.15, 0.2) is 12.3 Å². The number of likely N-dealkylation sites (N-methyl/N-ethyl adjacent to an activating group) is 1. The molecule has 3 heteroatoms. The summed E-state index contributed by atoms with van der Waals surface area (Å²) in [5, 5.41) is 3.18. The van der Waals surface area contributed by atoms with Crippen LogP contribution < -0.4 is 5.32 Å². The fraction of sp³-hybridized carbons (Fsp3) is 0.667. The number of hydrogen-bond acceptors (Lipinski definition) is 2. The average molecular weight is 136 g/mol. The van der Waals surface area contributed by atoms with Crippen LogP contribution in [0.25, 0.3) is 0 Å². The van der Waals surface area contributed by atoms with E-state index in [2.05, 4.69) is 30.3 Å². The van der Waals surface area contributed by atoms with Gasteiger partial charge in [0.25, 0.3) is 0 Å². The molecule has 1 N–H and O–H groups in total. The monoisotopic (exact) mass is 136 g/mol. The standard InChI is InChI=1S/C6H12N2.Na.H/c1-6-7-4-3-5-8(6)2;;/h3-4,6-7H,5H2,1-2H3;;. The molecule has 1 unspecified atom stereocenters. The predicted octanol–water partition coefficient (Wildman–Crippen LogP) is -0.267. The Kier molecular flexibility index (Phi) is 4.58. The first-order valence-electron chi connectivity index (χ1n) is 2.92. The SMILES string of the molecule is CC1NC=CCN1C.[NaH]. The Hall–Kier alpha value is 0.500. The summed E-state index contributed by atoms with van der Waals surface area (Å²) in [7, 11) is 2.10. The van der Waals surface area contributed by atoms with Crippen molar-refractivity contribution in [1.82, 2.24) is 10.2 Å². The molecule has 0 radical (unpaired) electrons. The number of nitrogens with zero attached hydrogens (tertiary/aromatic N) is 1. The van der Waals surface area contributed by atoms with Gasteiger partial charge in [0.15, 0.2) is 0 Å². The molecule has 0 aromatic rings. The van der Waals surface area contributed by atoms with Gasteiger partial charge in [-0.25, -0.2) is 0 Å². The van der Waals surface area contributed by atoms with Crippen LogP contribution in [0.5, 0.6) is 0 Å². The van der Waals surface area contributed by atoms with Crippen LogP contribution in [0.4, 0.5) is 0 Å². The Morgan fingerprint density at radius 1 is 1.67 bits per heavy atom. The molecule has 48 valence electrons. The molecular formula is C6H13N2Na. The van der Waals surface area contributed by atoms with Crippen LogP contribution in [0.1, 0.15) is 6.92 Å². The molecule has 0 saturated heterocycles. The number of rotatable bonds is 0. The quantitative estimate of drug-likeness (QED) is 0.461. The Labute approximate surface area is 78.6 Å². The summed E-state index contributed by atoms with van der Waals surface area (Å²) in [5.41, 5.74) is 0. The third-order valence-corrected chi connectivity index (χ3v) is 1.51. The van der Waals surface area contributed by atoms with E-state index in [1.54, 1.807) is 0 Å². The predicted molar refractivity (Wildman–Crippen MR) is 41.5 cm³/mol.